The van der Waals surface area contributed by atoms with Crippen LogP contribution in [-0.2, 0) is 6.54 Å². The van der Waals surface area contributed by atoms with Crippen molar-refractivity contribution < 1.29 is 5.11 Å². The molecule has 1 aliphatic carbocycles. The van der Waals surface area contributed by atoms with Crippen LogP contribution in [-0.4, -0.2) is 26.0 Å². The molecule has 0 bridgehead atoms. The van der Waals surface area contributed by atoms with Crippen LogP contribution in [0.2, 0.25) is 0 Å². The topological polar surface area (TPSA) is 77.0 Å². The highest BCUT2D eigenvalue weighted by molar-refractivity contribution is 9.10. The number of aliphatic hydroxyl groups is 1. The predicted molar refractivity (Wildman–Crippen MR) is 60.1 cm³/mol. The van der Waals surface area contributed by atoms with E-state index in [-0.39, 0.29) is 6.10 Å². The Hall–Kier alpha value is -0.620. The summed E-state index contributed by atoms with van der Waals surface area (Å²) in [7, 11) is 0. The van der Waals surface area contributed by atoms with Gasteiger partial charge in [-0.3, -0.25) is 0 Å². The Labute approximate surface area is 96.8 Å². The summed E-state index contributed by atoms with van der Waals surface area (Å²) < 4.78 is 2.43. The van der Waals surface area contributed by atoms with Gasteiger partial charge in [-0.25, -0.2) is 4.68 Å². The lowest BCUT2D eigenvalue weighted by Crippen LogP contribution is -2.23. The van der Waals surface area contributed by atoms with E-state index in [0.717, 1.165) is 32.2 Å². The summed E-state index contributed by atoms with van der Waals surface area (Å²) in [5.41, 5.74) is 5.49. The molecule has 84 valence electrons. The lowest BCUT2D eigenvalue weighted by molar-refractivity contribution is 0.0938. The first-order chi connectivity index (χ1) is 7.15. The van der Waals surface area contributed by atoms with E-state index in [1.807, 2.05) is 0 Å². The Morgan fingerprint density at radius 2 is 2.33 bits per heavy atom. The summed E-state index contributed by atoms with van der Waals surface area (Å²) in [6.45, 7) is 0.780. The molecule has 5 nitrogen and oxygen atoms in total. The highest BCUT2D eigenvalue weighted by Crippen LogP contribution is 2.26. The number of rotatable bonds is 2. The summed E-state index contributed by atoms with van der Waals surface area (Å²) >= 11 is 3.31. The third-order valence-corrected chi connectivity index (χ3v) is 3.42. The van der Waals surface area contributed by atoms with Gasteiger partial charge in [-0.15, -0.1) is 5.10 Å². The van der Waals surface area contributed by atoms with Gasteiger partial charge in [0, 0.05) is 6.54 Å². The van der Waals surface area contributed by atoms with Gasteiger partial charge in [0.25, 0.3) is 0 Å². The van der Waals surface area contributed by atoms with Crippen LogP contribution >= 0.6 is 15.9 Å². The molecule has 6 heteroatoms. The van der Waals surface area contributed by atoms with Gasteiger partial charge in [-0.1, -0.05) is 6.42 Å². The number of aromatic nitrogens is 3. The maximum Gasteiger partial charge on any atom is 0.240 e. The second kappa shape index (κ2) is 4.49. The van der Waals surface area contributed by atoms with E-state index in [4.69, 9.17) is 5.73 Å². The van der Waals surface area contributed by atoms with E-state index >= 15 is 0 Å². The molecule has 1 aliphatic rings. The molecule has 1 saturated carbocycles. The second-order valence-corrected chi connectivity index (χ2v) is 4.82. The number of hydrogen-bond acceptors (Lipinski definition) is 4. The number of hydrogen-bond donors (Lipinski definition) is 2. The summed E-state index contributed by atoms with van der Waals surface area (Å²) in [5.74, 6) is 0.768. The highest BCUT2D eigenvalue weighted by Gasteiger charge is 2.21. The molecule has 1 heterocycles. The first-order valence-corrected chi connectivity index (χ1v) is 5.98. The van der Waals surface area contributed by atoms with Crippen molar-refractivity contribution in [3.05, 3.63) is 4.73 Å². The van der Waals surface area contributed by atoms with E-state index in [2.05, 4.69) is 26.0 Å². The average molecular weight is 275 g/mol. The molecule has 0 saturated heterocycles. The number of nitrogens with two attached hydrogens (primary N) is 1. The fraction of sp³-hybridized carbons (Fsp3) is 0.778. The van der Waals surface area contributed by atoms with Gasteiger partial charge in [0.2, 0.25) is 5.95 Å². The zero-order valence-corrected chi connectivity index (χ0v) is 10.0. The molecule has 0 radical (unpaired) electrons. The Kier molecular flexibility index (Phi) is 3.25. The molecule has 1 aromatic heterocycles. The molecule has 0 amide bonds. The fourth-order valence-electron chi connectivity index (χ4n) is 2.13. The first kappa shape index (κ1) is 10.9. The average Bonchev–Trinajstić information content (AvgIpc) is 2.45. The SMILES string of the molecule is Nc1nc(Br)n(CC2CCCC(O)C2)n1. The zero-order valence-electron chi connectivity index (χ0n) is 8.43. The monoisotopic (exact) mass is 274 g/mol. The van der Waals surface area contributed by atoms with E-state index in [1.165, 1.54) is 0 Å². The Bertz CT molecular complexity index is 341. The number of halogens is 1. The number of nitrogens with zero attached hydrogens (tertiary/aromatic N) is 3. The molecular weight excluding hydrogens is 260 g/mol. The van der Waals surface area contributed by atoms with Gasteiger partial charge < -0.3 is 10.8 Å². The first-order valence-electron chi connectivity index (χ1n) is 5.19. The van der Waals surface area contributed by atoms with Gasteiger partial charge in [0.1, 0.15) is 0 Å². The van der Waals surface area contributed by atoms with Crippen LogP contribution in [0.15, 0.2) is 4.73 Å². The summed E-state index contributed by atoms with van der Waals surface area (Å²) in [4.78, 5) is 3.98. The van der Waals surface area contributed by atoms with Crippen molar-refractivity contribution in [1.29, 1.82) is 0 Å². The molecule has 0 spiro atoms. The lowest BCUT2D eigenvalue weighted by Gasteiger charge is -2.25. The fourth-order valence-corrected chi connectivity index (χ4v) is 2.53. The van der Waals surface area contributed by atoms with Crippen molar-refractivity contribution >= 4 is 21.9 Å². The standard InChI is InChI=1S/C9H15BrN4O/c10-8-12-9(11)13-14(8)5-6-2-1-3-7(15)4-6/h6-7,15H,1-5H2,(H2,11,13). The molecule has 2 rings (SSSR count). The molecule has 1 fully saturated rings. The van der Waals surface area contributed by atoms with Crippen molar-refractivity contribution in [1.82, 2.24) is 14.8 Å². The van der Waals surface area contributed by atoms with E-state index < -0.39 is 0 Å². The normalized spacial score (nSPS) is 26.8. The van der Waals surface area contributed by atoms with Crippen LogP contribution < -0.4 is 5.73 Å². The van der Waals surface area contributed by atoms with Gasteiger partial charge >= 0.3 is 0 Å². The third kappa shape index (κ3) is 2.69. The number of aliphatic hydroxyl groups excluding tert-OH is 1. The minimum absolute atomic E-state index is 0.150. The summed E-state index contributed by atoms with van der Waals surface area (Å²) in [6.07, 6.45) is 3.86. The van der Waals surface area contributed by atoms with Gasteiger partial charge in [-0.05, 0) is 41.1 Å². The molecule has 15 heavy (non-hydrogen) atoms. The third-order valence-electron chi connectivity index (χ3n) is 2.83. The van der Waals surface area contributed by atoms with Gasteiger partial charge in [0.05, 0.1) is 6.10 Å². The van der Waals surface area contributed by atoms with Crippen molar-refractivity contribution in [2.45, 2.75) is 38.3 Å². The lowest BCUT2D eigenvalue weighted by atomic mass is 9.87. The second-order valence-electron chi connectivity index (χ2n) is 4.11. The maximum absolute atomic E-state index is 9.55. The number of anilines is 1. The largest absolute Gasteiger partial charge is 0.393 e. The molecule has 1 aromatic rings. The summed E-state index contributed by atoms with van der Waals surface area (Å²) in [6, 6.07) is 0. The predicted octanol–water partition coefficient (Wildman–Crippen LogP) is 1.17. The van der Waals surface area contributed by atoms with Crippen molar-refractivity contribution in [2.75, 3.05) is 5.73 Å². The smallest absolute Gasteiger partial charge is 0.240 e. The van der Waals surface area contributed by atoms with Crippen LogP contribution in [0.3, 0.4) is 0 Å². The zero-order chi connectivity index (χ0) is 10.8. The Morgan fingerprint density at radius 3 is 2.93 bits per heavy atom. The molecule has 0 aromatic carbocycles. The molecule has 2 unspecified atom stereocenters. The van der Waals surface area contributed by atoms with Crippen molar-refractivity contribution in [3.8, 4) is 0 Å². The van der Waals surface area contributed by atoms with Gasteiger partial charge in [0.15, 0.2) is 4.73 Å². The minimum atomic E-state index is -0.150. The molecule has 0 aliphatic heterocycles. The molecule has 2 atom stereocenters. The maximum atomic E-state index is 9.55. The Balaban J connectivity index is 1.99. The van der Waals surface area contributed by atoms with Crippen LogP contribution in [0, 0.1) is 5.92 Å². The highest BCUT2D eigenvalue weighted by atomic mass is 79.9. The van der Waals surface area contributed by atoms with E-state index in [9.17, 15) is 5.11 Å². The van der Waals surface area contributed by atoms with Crippen molar-refractivity contribution in [2.24, 2.45) is 5.92 Å². The van der Waals surface area contributed by atoms with Crippen LogP contribution in [0.4, 0.5) is 5.95 Å². The van der Waals surface area contributed by atoms with Crippen molar-refractivity contribution in [3.63, 3.8) is 0 Å². The van der Waals surface area contributed by atoms with Crippen LogP contribution in [0.25, 0.3) is 0 Å². The minimum Gasteiger partial charge on any atom is -0.393 e. The quantitative estimate of drug-likeness (QED) is 0.849. The molecule has 3 N–H and O–H groups in total. The van der Waals surface area contributed by atoms with Crippen LogP contribution in [0.1, 0.15) is 25.7 Å². The Morgan fingerprint density at radius 1 is 1.53 bits per heavy atom. The summed E-state index contributed by atoms with van der Waals surface area (Å²) in [5, 5.41) is 13.6. The number of nitrogen functional groups attached to an aromatic ring is 1. The molecular formula is C9H15BrN4O. The van der Waals surface area contributed by atoms with E-state index in [0.29, 0.717) is 16.6 Å². The van der Waals surface area contributed by atoms with Crippen LogP contribution in [0.5, 0.6) is 0 Å². The van der Waals surface area contributed by atoms with E-state index in [1.54, 1.807) is 4.68 Å². The van der Waals surface area contributed by atoms with Gasteiger partial charge in [-0.2, -0.15) is 4.98 Å².